The molecule has 110 valence electrons. The first kappa shape index (κ1) is 14.7. The second-order valence-electron chi connectivity index (χ2n) is 5.74. The Hall–Kier alpha value is -1.69. The standard InChI is InChI=1S/C14H19NO5/c1-3-8-6-14(8,7(2)16)15-12(18)10-4-9(17)5-11(10)13(19)20/h3,8-11,17H,1,4-6H2,2H3,(H,15,18)(H,19,20). The number of carbonyl (C=O) groups is 3. The molecule has 2 saturated carbocycles. The molecular weight excluding hydrogens is 262 g/mol. The maximum Gasteiger partial charge on any atom is 0.307 e. The minimum absolute atomic E-state index is 0.0748. The lowest BCUT2D eigenvalue weighted by molar-refractivity contribution is -0.146. The van der Waals surface area contributed by atoms with Gasteiger partial charge >= 0.3 is 5.97 Å². The van der Waals surface area contributed by atoms with Crippen molar-refractivity contribution in [1.29, 1.82) is 0 Å². The number of hydrogen-bond donors (Lipinski definition) is 3. The van der Waals surface area contributed by atoms with Gasteiger partial charge in [0.1, 0.15) is 5.54 Å². The SMILES string of the molecule is C=CC1CC1(NC(=O)C1CC(O)CC1C(=O)O)C(C)=O. The van der Waals surface area contributed by atoms with Crippen molar-refractivity contribution in [2.75, 3.05) is 0 Å². The molecule has 2 aliphatic carbocycles. The number of rotatable bonds is 5. The van der Waals surface area contributed by atoms with Gasteiger partial charge in [-0.25, -0.2) is 0 Å². The lowest BCUT2D eigenvalue weighted by atomic mass is 9.94. The fourth-order valence-corrected chi connectivity index (χ4v) is 3.10. The van der Waals surface area contributed by atoms with Crippen LogP contribution in [0.2, 0.25) is 0 Å². The average molecular weight is 281 g/mol. The largest absolute Gasteiger partial charge is 0.481 e. The Labute approximate surface area is 116 Å². The van der Waals surface area contributed by atoms with E-state index in [1.165, 1.54) is 6.92 Å². The molecule has 2 rings (SSSR count). The predicted molar refractivity (Wildman–Crippen MR) is 69.7 cm³/mol. The molecule has 5 atom stereocenters. The Morgan fingerprint density at radius 1 is 1.30 bits per heavy atom. The topological polar surface area (TPSA) is 104 Å². The van der Waals surface area contributed by atoms with Gasteiger partial charge in [-0.1, -0.05) is 6.08 Å². The number of carboxylic acid groups (broad SMARTS) is 1. The third-order valence-corrected chi connectivity index (χ3v) is 4.47. The summed E-state index contributed by atoms with van der Waals surface area (Å²) in [6.45, 7) is 5.03. The van der Waals surface area contributed by atoms with Gasteiger partial charge in [-0.05, 0) is 26.2 Å². The number of amides is 1. The molecule has 5 unspecified atom stereocenters. The van der Waals surface area contributed by atoms with Crippen molar-refractivity contribution in [3.05, 3.63) is 12.7 Å². The highest BCUT2D eigenvalue weighted by Gasteiger charge is 2.58. The summed E-state index contributed by atoms with van der Waals surface area (Å²) in [7, 11) is 0. The summed E-state index contributed by atoms with van der Waals surface area (Å²) >= 11 is 0. The van der Waals surface area contributed by atoms with E-state index in [9.17, 15) is 19.5 Å². The smallest absolute Gasteiger partial charge is 0.307 e. The normalized spacial score (nSPS) is 39.1. The molecule has 6 nitrogen and oxygen atoms in total. The molecule has 0 aromatic carbocycles. The summed E-state index contributed by atoms with van der Waals surface area (Å²) < 4.78 is 0. The van der Waals surface area contributed by atoms with Gasteiger partial charge in [-0.15, -0.1) is 6.58 Å². The lowest BCUT2D eigenvalue weighted by Crippen LogP contribution is -2.47. The van der Waals surface area contributed by atoms with Crippen molar-refractivity contribution in [3.63, 3.8) is 0 Å². The number of aliphatic carboxylic acids is 1. The van der Waals surface area contributed by atoms with Gasteiger partial charge in [0.15, 0.2) is 5.78 Å². The molecule has 2 aliphatic rings. The Morgan fingerprint density at radius 2 is 1.90 bits per heavy atom. The highest BCUT2D eigenvalue weighted by molar-refractivity contribution is 5.96. The van der Waals surface area contributed by atoms with E-state index in [-0.39, 0.29) is 24.5 Å². The van der Waals surface area contributed by atoms with E-state index < -0.39 is 35.4 Å². The van der Waals surface area contributed by atoms with Crippen LogP contribution in [0.15, 0.2) is 12.7 Å². The van der Waals surface area contributed by atoms with E-state index in [1.54, 1.807) is 6.08 Å². The van der Waals surface area contributed by atoms with Gasteiger partial charge in [0.2, 0.25) is 5.91 Å². The van der Waals surface area contributed by atoms with Crippen molar-refractivity contribution >= 4 is 17.7 Å². The zero-order valence-electron chi connectivity index (χ0n) is 11.3. The molecule has 0 bridgehead atoms. The zero-order valence-corrected chi connectivity index (χ0v) is 11.3. The second kappa shape index (κ2) is 5.01. The van der Waals surface area contributed by atoms with Crippen LogP contribution in [-0.4, -0.2) is 39.5 Å². The third kappa shape index (κ3) is 2.35. The Balaban J connectivity index is 2.10. The minimum Gasteiger partial charge on any atom is -0.481 e. The van der Waals surface area contributed by atoms with Crippen LogP contribution in [0.25, 0.3) is 0 Å². The number of aliphatic hydroxyl groups is 1. The Morgan fingerprint density at radius 3 is 2.35 bits per heavy atom. The molecule has 0 spiro atoms. The van der Waals surface area contributed by atoms with Gasteiger partial charge in [-0.3, -0.25) is 14.4 Å². The number of carboxylic acids is 1. The first-order valence-corrected chi connectivity index (χ1v) is 6.68. The number of carbonyl (C=O) groups excluding carboxylic acids is 2. The van der Waals surface area contributed by atoms with E-state index in [4.69, 9.17) is 5.11 Å². The first-order chi connectivity index (χ1) is 9.31. The molecule has 1 amide bonds. The monoisotopic (exact) mass is 281 g/mol. The molecule has 2 fully saturated rings. The summed E-state index contributed by atoms with van der Waals surface area (Å²) in [4.78, 5) is 35.1. The van der Waals surface area contributed by atoms with Crippen LogP contribution in [0.4, 0.5) is 0 Å². The van der Waals surface area contributed by atoms with Crippen LogP contribution in [0.5, 0.6) is 0 Å². The maximum atomic E-state index is 12.3. The van der Waals surface area contributed by atoms with E-state index >= 15 is 0 Å². The van der Waals surface area contributed by atoms with E-state index in [1.807, 2.05) is 0 Å². The number of aliphatic hydroxyl groups excluding tert-OH is 1. The number of nitrogens with one attached hydrogen (secondary N) is 1. The molecule has 0 radical (unpaired) electrons. The molecule has 0 aromatic heterocycles. The molecule has 3 N–H and O–H groups in total. The van der Waals surface area contributed by atoms with Gasteiger partial charge in [0, 0.05) is 5.92 Å². The fraction of sp³-hybridized carbons (Fsp3) is 0.643. The van der Waals surface area contributed by atoms with Crippen molar-refractivity contribution in [3.8, 4) is 0 Å². The number of Topliss-reactive ketones (excluding diaryl/α,β-unsaturated/α-hetero) is 1. The third-order valence-electron chi connectivity index (χ3n) is 4.47. The van der Waals surface area contributed by atoms with Gasteiger partial charge in [-0.2, -0.15) is 0 Å². The van der Waals surface area contributed by atoms with Crippen molar-refractivity contribution < 1.29 is 24.6 Å². The summed E-state index contributed by atoms with van der Waals surface area (Å²) in [6.07, 6.45) is 1.54. The van der Waals surface area contributed by atoms with Crippen molar-refractivity contribution in [2.24, 2.45) is 17.8 Å². The Bertz CT molecular complexity index is 474. The van der Waals surface area contributed by atoms with Gasteiger partial charge in [0.05, 0.1) is 17.9 Å². The highest BCUT2D eigenvalue weighted by atomic mass is 16.4. The summed E-state index contributed by atoms with van der Waals surface area (Å²) in [5.41, 5.74) is -0.921. The number of ketones is 1. The summed E-state index contributed by atoms with van der Waals surface area (Å²) in [6, 6.07) is 0. The summed E-state index contributed by atoms with van der Waals surface area (Å²) in [5.74, 6) is -3.48. The van der Waals surface area contributed by atoms with Crippen molar-refractivity contribution in [1.82, 2.24) is 5.32 Å². The first-order valence-electron chi connectivity index (χ1n) is 6.68. The molecular formula is C14H19NO5. The molecule has 6 heteroatoms. The highest BCUT2D eigenvalue weighted by Crippen LogP contribution is 2.46. The molecule has 0 heterocycles. The van der Waals surface area contributed by atoms with Crippen LogP contribution < -0.4 is 5.32 Å². The Kier molecular flexibility index (Phi) is 3.69. The zero-order chi connectivity index (χ0) is 15.1. The average Bonchev–Trinajstić information content (AvgIpc) is 2.94. The van der Waals surface area contributed by atoms with E-state index in [2.05, 4.69) is 11.9 Å². The predicted octanol–water partition coefficient (Wildman–Crippen LogP) is 0.108. The molecule has 20 heavy (non-hydrogen) atoms. The van der Waals surface area contributed by atoms with E-state index in [0.717, 1.165) is 0 Å². The fourth-order valence-electron chi connectivity index (χ4n) is 3.10. The molecule has 0 aromatic rings. The summed E-state index contributed by atoms with van der Waals surface area (Å²) in [5, 5.41) is 21.3. The van der Waals surface area contributed by atoms with E-state index in [0.29, 0.717) is 6.42 Å². The molecule has 0 saturated heterocycles. The quantitative estimate of drug-likeness (QED) is 0.620. The van der Waals surface area contributed by atoms with Gasteiger partial charge in [0.25, 0.3) is 0 Å². The minimum atomic E-state index is -1.09. The van der Waals surface area contributed by atoms with Crippen molar-refractivity contribution in [2.45, 2.75) is 37.8 Å². The second-order valence-corrected chi connectivity index (χ2v) is 5.74. The van der Waals surface area contributed by atoms with Crippen LogP contribution in [0.1, 0.15) is 26.2 Å². The van der Waals surface area contributed by atoms with Crippen LogP contribution in [0, 0.1) is 17.8 Å². The van der Waals surface area contributed by atoms with Crippen LogP contribution in [-0.2, 0) is 14.4 Å². The number of hydrogen-bond acceptors (Lipinski definition) is 4. The van der Waals surface area contributed by atoms with Gasteiger partial charge < -0.3 is 15.5 Å². The van der Waals surface area contributed by atoms with Crippen LogP contribution in [0.3, 0.4) is 0 Å². The molecule has 0 aliphatic heterocycles. The lowest BCUT2D eigenvalue weighted by Gasteiger charge is -2.21. The van der Waals surface area contributed by atoms with Crippen LogP contribution >= 0.6 is 0 Å². The maximum absolute atomic E-state index is 12.3.